The van der Waals surface area contributed by atoms with Crippen molar-refractivity contribution in [3.63, 3.8) is 0 Å². The number of H-pyrrole nitrogens is 1. The molecule has 0 fully saturated rings. The highest BCUT2D eigenvalue weighted by atomic mass is 16.5. The molecule has 1 N–H and O–H groups in total. The number of hydrogen-bond donors (Lipinski definition) is 1. The molecule has 4 heteroatoms. The molecule has 0 saturated heterocycles. The lowest BCUT2D eigenvalue weighted by atomic mass is 10.1. The number of imidazole rings is 1. The lowest BCUT2D eigenvalue weighted by Crippen LogP contribution is -2.06. The van der Waals surface area contributed by atoms with E-state index in [2.05, 4.69) is 9.97 Å². The van der Waals surface area contributed by atoms with Crippen molar-refractivity contribution < 1.29 is 9.53 Å². The maximum atomic E-state index is 11.7. The summed E-state index contributed by atoms with van der Waals surface area (Å²) >= 11 is 0. The summed E-state index contributed by atoms with van der Waals surface area (Å²) in [6.45, 7) is 5.97. The van der Waals surface area contributed by atoms with Crippen molar-refractivity contribution in [2.45, 2.75) is 20.8 Å². The summed E-state index contributed by atoms with van der Waals surface area (Å²) < 4.78 is 4.96. The molecule has 18 heavy (non-hydrogen) atoms. The molecule has 0 spiro atoms. The van der Waals surface area contributed by atoms with Gasteiger partial charge in [0.2, 0.25) is 0 Å². The standard InChI is InChI=1S/C14H16N2O2/c1-4-18-14(17)12-10(3)15-13(16-12)11-7-5-6-9(2)8-11/h5-8H,4H2,1-3H3,(H,15,16). The maximum Gasteiger partial charge on any atom is 0.358 e. The van der Waals surface area contributed by atoms with Crippen molar-refractivity contribution in [2.75, 3.05) is 6.61 Å². The monoisotopic (exact) mass is 244 g/mol. The fraction of sp³-hybridized carbons (Fsp3) is 0.286. The van der Waals surface area contributed by atoms with Gasteiger partial charge >= 0.3 is 5.97 Å². The third kappa shape index (κ3) is 2.42. The Kier molecular flexibility index (Phi) is 3.46. The average molecular weight is 244 g/mol. The minimum absolute atomic E-state index is 0.352. The Bertz CT molecular complexity index is 573. The molecular weight excluding hydrogens is 228 g/mol. The molecule has 0 aliphatic rings. The van der Waals surface area contributed by atoms with Crippen molar-refractivity contribution in [1.82, 2.24) is 9.97 Å². The smallest absolute Gasteiger partial charge is 0.358 e. The van der Waals surface area contributed by atoms with Crippen LogP contribution in [0.4, 0.5) is 0 Å². The normalized spacial score (nSPS) is 10.4. The average Bonchev–Trinajstić information content (AvgIpc) is 2.72. The number of nitrogens with one attached hydrogen (secondary N) is 1. The van der Waals surface area contributed by atoms with E-state index in [9.17, 15) is 4.79 Å². The van der Waals surface area contributed by atoms with Crippen LogP contribution in [0.2, 0.25) is 0 Å². The van der Waals surface area contributed by atoms with Crippen molar-refractivity contribution in [1.29, 1.82) is 0 Å². The van der Waals surface area contributed by atoms with E-state index in [-0.39, 0.29) is 5.97 Å². The van der Waals surface area contributed by atoms with E-state index in [1.165, 1.54) is 0 Å². The molecule has 0 radical (unpaired) electrons. The van der Waals surface area contributed by atoms with Crippen LogP contribution in [0.3, 0.4) is 0 Å². The fourth-order valence-corrected chi connectivity index (χ4v) is 1.79. The van der Waals surface area contributed by atoms with Crippen LogP contribution < -0.4 is 0 Å². The van der Waals surface area contributed by atoms with Crippen LogP contribution in [0.15, 0.2) is 24.3 Å². The number of rotatable bonds is 3. The zero-order valence-corrected chi connectivity index (χ0v) is 10.8. The van der Waals surface area contributed by atoms with Crippen LogP contribution in [0, 0.1) is 13.8 Å². The maximum absolute atomic E-state index is 11.7. The van der Waals surface area contributed by atoms with Gasteiger partial charge < -0.3 is 9.72 Å². The van der Waals surface area contributed by atoms with Gasteiger partial charge in [-0.05, 0) is 26.8 Å². The molecule has 0 aliphatic carbocycles. The first-order valence-corrected chi connectivity index (χ1v) is 5.92. The van der Waals surface area contributed by atoms with Crippen molar-refractivity contribution in [3.8, 4) is 11.4 Å². The van der Waals surface area contributed by atoms with E-state index in [0.29, 0.717) is 18.1 Å². The molecule has 2 aromatic rings. The van der Waals surface area contributed by atoms with Gasteiger partial charge in [-0.3, -0.25) is 0 Å². The molecule has 0 saturated carbocycles. The number of carbonyl (C=O) groups excluding carboxylic acids is 1. The quantitative estimate of drug-likeness (QED) is 0.845. The van der Waals surface area contributed by atoms with Crippen molar-refractivity contribution in [3.05, 3.63) is 41.2 Å². The van der Waals surface area contributed by atoms with Gasteiger partial charge in [-0.25, -0.2) is 9.78 Å². The van der Waals surface area contributed by atoms with E-state index < -0.39 is 0 Å². The largest absolute Gasteiger partial charge is 0.461 e. The first-order valence-electron chi connectivity index (χ1n) is 5.92. The molecule has 2 rings (SSSR count). The zero-order chi connectivity index (χ0) is 13.1. The minimum Gasteiger partial charge on any atom is -0.461 e. The van der Waals surface area contributed by atoms with Crippen LogP contribution in [0.5, 0.6) is 0 Å². The summed E-state index contributed by atoms with van der Waals surface area (Å²) in [6.07, 6.45) is 0. The first kappa shape index (κ1) is 12.4. The molecule has 1 aromatic carbocycles. The molecular formula is C14H16N2O2. The van der Waals surface area contributed by atoms with E-state index in [0.717, 1.165) is 16.8 Å². The second-order valence-corrected chi connectivity index (χ2v) is 4.15. The summed E-state index contributed by atoms with van der Waals surface area (Å²) in [5.74, 6) is 0.310. The molecule has 1 aromatic heterocycles. The third-order valence-electron chi connectivity index (χ3n) is 2.65. The predicted molar refractivity (Wildman–Crippen MR) is 69.5 cm³/mol. The van der Waals surface area contributed by atoms with Crippen LogP contribution in [-0.2, 0) is 4.74 Å². The number of hydrogen-bond acceptors (Lipinski definition) is 3. The van der Waals surface area contributed by atoms with Crippen LogP contribution in [0.1, 0.15) is 28.7 Å². The number of benzene rings is 1. The Morgan fingerprint density at radius 3 is 2.83 bits per heavy atom. The number of aromatic amines is 1. The predicted octanol–water partition coefficient (Wildman–Crippen LogP) is 2.87. The molecule has 0 amide bonds. The summed E-state index contributed by atoms with van der Waals surface area (Å²) in [6, 6.07) is 7.96. The third-order valence-corrected chi connectivity index (χ3v) is 2.65. The van der Waals surface area contributed by atoms with Crippen LogP contribution >= 0.6 is 0 Å². The topological polar surface area (TPSA) is 55.0 Å². The Hall–Kier alpha value is -2.10. The van der Waals surface area contributed by atoms with Gasteiger partial charge in [0.1, 0.15) is 5.82 Å². The van der Waals surface area contributed by atoms with Gasteiger partial charge in [0.05, 0.1) is 6.61 Å². The Morgan fingerprint density at radius 2 is 2.17 bits per heavy atom. The first-order chi connectivity index (χ1) is 8.61. The minimum atomic E-state index is -0.384. The van der Waals surface area contributed by atoms with Gasteiger partial charge in [0.25, 0.3) is 0 Å². The molecule has 1 heterocycles. The second kappa shape index (κ2) is 5.04. The van der Waals surface area contributed by atoms with E-state index in [1.807, 2.05) is 38.1 Å². The van der Waals surface area contributed by atoms with Gasteiger partial charge in [0.15, 0.2) is 5.69 Å². The SMILES string of the molecule is CCOC(=O)c1nc(-c2cccc(C)c2)[nH]c1C. The van der Waals surface area contributed by atoms with Gasteiger partial charge in [-0.2, -0.15) is 0 Å². The number of aromatic nitrogens is 2. The van der Waals surface area contributed by atoms with Crippen LogP contribution in [-0.4, -0.2) is 22.5 Å². The number of ether oxygens (including phenoxy) is 1. The van der Waals surface area contributed by atoms with Gasteiger partial charge in [-0.15, -0.1) is 0 Å². The summed E-state index contributed by atoms with van der Waals surface area (Å²) in [7, 11) is 0. The highest BCUT2D eigenvalue weighted by Gasteiger charge is 2.16. The van der Waals surface area contributed by atoms with Gasteiger partial charge in [-0.1, -0.05) is 23.8 Å². The highest BCUT2D eigenvalue weighted by molar-refractivity contribution is 5.89. The van der Waals surface area contributed by atoms with Crippen LogP contribution in [0.25, 0.3) is 11.4 Å². The lowest BCUT2D eigenvalue weighted by Gasteiger charge is -1.98. The zero-order valence-electron chi connectivity index (χ0n) is 10.8. The number of esters is 1. The molecule has 0 aliphatic heterocycles. The summed E-state index contributed by atoms with van der Waals surface area (Å²) in [5, 5.41) is 0. The Balaban J connectivity index is 2.37. The number of nitrogens with zero attached hydrogens (tertiary/aromatic N) is 1. The van der Waals surface area contributed by atoms with E-state index in [4.69, 9.17) is 4.74 Å². The van der Waals surface area contributed by atoms with Crippen molar-refractivity contribution >= 4 is 5.97 Å². The molecule has 0 bridgehead atoms. The highest BCUT2D eigenvalue weighted by Crippen LogP contribution is 2.19. The molecule has 0 unspecified atom stereocenters. The van der Waals surface area contributed by atoms with E-state index in [1.54, 1.807) is 6.92 Å². The van der Waals surface area contributed by atoms with Crippen molar-refractivity contribution in [2.24, 2.45) is 0 Å². The van der Waals surface area contributed by atoms with E-state index >= 15 is 0 Å². The molecule has 0 atom stereocenters. The summed E-state index contributed by atoms with van der Waals surface area (Å²) in [4.78, 5) is 19.1. The second-order valence-electron chi connectivity index (χ2n) is 4.15. The fourth-order valence-electron chi connectivity index (χ4n) is 1.79. The summed E-state index contributed by atoms with van der Waals surface area (Å²) in [5.41, 5.74) is 3.20. The molecule has 4 nitrogen and oxygen atoms in total. The lowest BCUT2D eigenvalue weighted by molar-refractivity contribution is 0.0519. The number of carbonyl (C=O) groups is 1. The Labute approximate surface area is 106 Å². The molecule has 94 valence electrons. The number of aryl methyl sites for hydroxylation is 2. The van der Waals surface area contributed by atoms with Gasteiger partial charge in [0, 0.05) is 11.3 Å². The Morgan fingerprint density at radius 1 is 1.39 bits per heavy atom.